The van der Waals surface area contributed by atoms with E-state index in [4.69, 9.17) is 4.74 Å². The van der Waals surface area contributed by atoms with Gasteiger partial charge in [-0.05, 0) is 55.3 Å². The van der Waals surface area contributed by atoms with Gasteiger partial charge in [-0.3, -0.25) is 9.59 Å². The largest absolute Gasteiger partial charge is 0.486 e. The smallest absolute Gasteiger partial charge is 0.286 e. The molecule has 0 unspecified atom stereocenters. The molecule has 2 aromatic carbocycles. The average Bonchev–Trinajstić information content (AvgIpc) is 3.20. The number of amides is 2. The lowest BCUT2D eigenvalue weighted by Gasteiger charge is -2.06. The third kappa shape index (κ3) is 5.86. The molecule has 0 aliphatic heterocycles. The summed E-state index contributed by atoms with van der Waals surface area (Å²) in [5.74, 6) is 0.258. The molecule has 150 valence electrons. The summed E-state index contributed by atoms with van der Waals surface area (Å²) in [6.07, 6.45) is 0.875. The first-order valence-electron chi connectivity index (χ1n) is 9.26. The standard InChI is InChI=1S/C21H22N4O3S/c1-3-11-22-19(26)15-7-9-16(10-8-15)23-20(27)21-25-24-18(29-21)13-28-17-6-4-5-14(2)12-17/h4-10,12H,3,11,13H2,1-2H3,(H,22,26)(H,23,27). The van der Waals surface area contributed by atoms with Crippen LogP contribution in [0, 0.1) is 6.92 Å². The van der Waals surface area contributed by atoms with Crippen LogP contribution in [0.25, 0.3) is 0 Å². The molecule has 7 nitrogen and oxygen atoms in total. The summed E-state index contributed by atoms with van der Waals surface area (Å²) in [5, 5.41) is 14.4. The molecular formula is C21H22N4O3S. The van der Waals surface area contributed by atoms with E-state index in [1.807, 2.05) is 38.1 Å². The maximum Gasteiger partial charge on any atom is 0.286 e. The Hall–Kier alpha value is -3.26. The summed E-state index contributed by atoms with van der Waals surface area (Å²) in [7, 11) is 0. The van der Waals surface area contributed by atoms with E-state index in [2.05, 4.69) is 20.8 Å². The molecule has 0 aliphatic rings. The van der Waals surface area contributed by atoms with E-state index in [0.29, 0.717) is 22.8 Å². The van der Waals surface area contributed by atoms with Crippen molar-refractivity contribution in [2.45, 2.75) is 26.9 Å². The van der Waals surface area contributed by atoms with Crippen LogP contribution in [-0.2, 0) is 6.61 Å². The monoisotopic (exact) mass is 410 g/mol. The Morgan fingerprint density at radius 1 is 1.07 bits per heavy atom. The number of nitrogens with one attached hydrogen (secondary N) is 2. The maximum absolute atomic E-state index is 12.4. The van der Waals surface area contributed by atoms with Crippen molar-refractivity contribution in [2.24, 2.45) is 0 Å². The van der Waals surface area contributed by atoms with Gasteiger partial charge >= 0.3 is 0 Å². The van der Waals surface area contributed by atoms with Gasteiger partial charge in [-0.1, -0.05) is 30.4 Å². The fourth-order valence-corrected chi connectivity index (χ4v) is 3.13. The number of aromatic nitrogens is 2. The minimum atomic E-state index is -0.354. The molecule has 0 fully saturated rings. The number of hydrogen-bond donors (Lipinski definition) is 2. The molecule has 0 atom stereocenters. The van der Waals surface area contributed by atoms with E-state index in [1.165, 1.54) is 11.3 Å². The summed E-state index contributed by atoms with van der Waals surface area (Å²) >= 11 is 1.18. The molecule has 0 aliphatic carbocycles. The minimum absolute atomic E-state index is 0.132. The highest BCUT2D eigenvalue weighted by Crippen LogP contribution is 2.18. The van der Waals surface area contributed by atoms with Crippen LogP contribution in [0.3, 0.4) is 0 Å². The third-order valence-electron chi connectivity index (χ3n) is 3.95. The Kier molecular flexibility index (Phi) is 6.91. The molecule has 8 heteroatoms. The fourth-order valence-electron chi connectivity index (χ4n) is 2.48. The first-order valence-corrected chi connectivity index (χ1v) is 10.1. The van der Waals surface area contributed by atoms with Crippen LogP contribution < -0.4 is 15.4 Å². The molecule has 0 bridgehead atoms. The summed E-state index contributed by atoms with van der Waals surface area (Å²) in [6.45, 7) is 4.86. The van der Waals surface area contributed by atoms with Gasteiger partial charge < -0.3 is 15.4 Å². The number of carbonyl (C=O) groups is 2. The molecular weight excluding hydrogens is 388 g/mol. The Morgan fingerprint density at radius 3 is 2.59 bits per heavy atom. The third-order valence-corrected chi connectivity index (χ3v) is 4.85. The van der Waals surface area contributed by atoms with Crippen LogP contribution in [0.5, 0.6) is 5.75 Å². The molecule has 1 heterocycles. The minimum Gasteiger partial charge on any atom is -0.486 e. The first kappa shape index (κ1) is 20.5. The lowest BCUT2D eigenvalue weighted by atomic mass is 10.2. The molecule has 3 aromatic rings. The lowest BCUT2D eigenvalue weighted by molar-refractivity contribution is 0.0953. The molecule has 3 rings (SSSR count). The summed E-state index contributed by atoms with van der Waals surface area (Å²) < 4.78 is 5.69. The van der Waals surface area contributed by atoms with E-state index >= 15 is 0 Å². The Morgan fingerprint density at radius 2 is 1.86 bits per heavy atom. The molecule has 29 heavy (non-hydrogen) atoms. The Bertz CT molecular complexity index is 986. The van der Waals surface area contributed by atoms with Gasteiger partial charge in [0, 0.05) is 17.8 Å². The second-order valence-corrected chi connectivity index (χ2v) is 7.46. The summed E-state index contributed by atoms with van der Waals surface area (Å²) in [6, 6.07) is 14.4. The number of carbonyl (C=O) groups excluding carboxylic acids is 2. The maximum atomic E-state index is 12.4. The van der Waals surface area contributed by atoms with Gasteiger partial charge in [-0.15, -0.1) is 10.2 Å². The van der Waals surface area contributed by atoms with Crippen molar-refractivity contribution in [2.75, 3.05) is 11.9 Å². The fraction of sp³-hybridized carbons (Fsp3) is 0.238. The van der Waals surface area contributed by atoms with Gasteiger partial charge in [-0.25, -0.2) is 0 Å². The normalized spacial score (nSPS) is 10.4. The Balaban J connectivity index is 1.55. The number of hydrogen-bond acceptors (Lipinski definition) is 6. The van der Waals surface area contributed by atoms with Crippen molar-refractivity contribution >= 4 is 28.8 Å². The lowest BCUT2D eigenvalue weighted by Crippen LogP contribution is -2.23. The van der Waals surface area contributed by atoms with Gasteiger partial charge in [0.25, 0.3) is 11.8 Å². The van der Waals surface area contributed by atoms with Gasteiger partial charge in [0.2, 0.25) is 5.01 Å². The summed E-state index contributed by atoms with van der Waals surface area (Å²) in [5.41, 5.74) is 2.23. The van der Waals surface area contributed by atoms with Crippen molar-refractivity contribution in [1.29, 1.82) is 0 Å². The van der Waals surface area contributed by atoms with Crippen LogP contribution in [0.2, 0.25) is 0 Å². The molecule has 0 saturated heterocycles. The van der Waals surface area contributed by atoms with Crippen molar-refractivity contribution < 1.29 is 14.3 Å². The quantitative estimate of drug-likeness (QED) is 0.589. The second kappa shape index (κ2) is 9.79. The van der Waals surface area contributed by atoms with Crippen molar-refractivity contribution in [1.82, 2.24) is 15.5 Å². The van der Waals surface area contributed by atoms with Crippen molar-refractivity contribution in [3.05, 3.63) is 69.7 Å². The van der Waals surface area contributed by atoms with Gasteiger partial charge in [-0.2, -0.15) is 0 Å². The molecule has 1 aromatic heterocycles. The van der Waals surface area contributed by atoms with Crippen LogP contribution in [0.1, 0.15) is 44.1 Å². The Labute approximate surface area is 173 Å². The predicted octanol–water partition coefficient (Wildman–Crippen LogP) is 3.82. The zero-order chi connectivity index (χ0) is 20.6. The zero-order valence-electron chi connectivity index (χ0n) is 16.3. The van der Waals surface area contributed by atoms with Crippen LogP contribution in [0.15, 0.2) is 48.5 Å². The van der Waals surface area contributed by atoms with E-state index in [9.17, 15) is 9.59 Å². The molecule has 2 N–H and O–H groups in total. The van der Waals surface area contributed by atoms with E-state index in [0.717, 1.165) is 17.7 Å². The zero-order valence-corrected chi connectivity index (χ0v) is 17.1. The second-order valence-electron chi connectivity index (χ2n) is 6.39. The first-order chi connectivity index (χ1) is 14.0. The van der Waals surface area contributed by atoms with Crippen molar-refractivity contribution in [3.63, 3.8) is 0 Å². The van der Waals surface area contributed by atoms with Gasteiger partial charge in [0.1, 0.15) is 12.4 Å². The number of ether oxygens (including phenoxy) is 1. The van der Waals surface area contributed by atoms with Crippen LogP contribution in [-0.4, -0.2) is 28.6 Å². The van der Waals surface area contributed by atoms with E-state index in [1.54, 1.807) is 24.3 Å². The SMILES string of the molecule is CCCNC(=O)c1ccc(NC(=O)c2nnc(COc3cccc(C)c3)s2)cc1. The van der Waals surface area contributed by atoms with Crippen LogP contribution in [0.4, 0.5) is 5.69 Å². The highest BCUT2D eigenvalue weighted by atomic mass is 32.1. The van der Waals surface area contributed by atoms with Crippen LogP contribution >= 0.6 is 11.3 Å². The van der Waals surface area contributed by atoms with Gasteiger partial charge in [0.15, 0.2) is 5.01 Å². The molecule has 0 spiro atoms. The van der Waals surface area contributed by atoms with Gasteiger partial charge in [0.05, 0.1) is 0 Å². The number of rotatable bonds is 8. The van der Waals surface area contributed by atoms with E-state index in [-0.39, 0.29) is 23.4 Å². The topological polar surface area (TPSA) is 93.2 Å². The van der Waals surface area contributed by atoms with Crippen molar-refractivity contribution in [3.8, 4) is 5.75 Å². The molecule has 2 amide bonds. The predicted molar refractivity (Wildman–Crippen MR) is 112 cm³/mol. The number of aryl methyl sites for hydroxylation is 1. The highest BCUT2D eigenvalue weighted by molar-refractivity contribution is 7.13. The number of nitrogens with zero attached hydrogens (tertiary/aromatic N) is 2. The highest BCUT2D eigenvalue weighted by Gasteiger charge is 2.14. The summed E-state index contributed by atoms with van der Waals surface area (Å²) in [4.78, 5) is 24.3. The number of anilines is 1. The average molecular weight is 410 g/mol. The number of benzene rings is 2. The molecule has 0 radical (unpaired) electrons. The van der Waals surface area contributed by atoms with E-state index < -0.39 is 0 Å². The molecule has 0 saturated carbocycles.